The van der Waals surface area contributed by atoms with Gasteiger partial charge in [0, 0.05) is 29.9 Å². The van der Waals surface area contributed by atoms with Gasteiger partial charge in [-0.15, -0.1) is 0 Å². The molecule has 1 aromatic rings. The van der Waals surface area contributed by atoms with Crippen LogP contribution in [0, 0.1) is 52.3 Å². The molecule has 2 saturated carbocycles. The fourth-order valence-electron chi connectivity index (χ4n) is 9.45. The first-order chi connectivity index (χ1) is 16.3. The average molecular weight is 469 g/mol. The molecule has 0 amide bonds. The number of aromatic nitrogens is 2. The maximum atomic E-state index is 12.8. The van der Waals surface area contributed by atoms with E-state index in [0.717, 1.165) is 57.1 Å². The van der Waals surface area contributed by atoms with E-state index < -0.39 is 5.79 Å². The van der Waals surface area contributed by atoms with Gasteiger partial charge in [0.05, 0.1) is 18.9 Å². The number of rotatable bonds is 3. The number of ether oxygens (including phenoxy) is 2. The number of hydrogen-bond acceptors (Lipinski definition) is 5. The zero-order chi connectivity index (χ0) is 23.9. The van der Waals surface area contributed by atoms with Crippen LogP contribution in [0.3, 0.4) is 0 Å². The Morgan fingerprint density at radius 3 is 2.62 bits per heavy atom. The lowest BCUT2D eigenvalue weighted by atomic mass is 9.48. The normalized spacial score (nSPS) is 52.1. The van der Waals surface area contributed by atoms with Gasteiger partial charge < -0.3 is 19.1 Å². The molecule has 0 bridgehead atoms. The summed E-state index contributed by atoms with van der Waals surface area (Å²) in [4.78, 5) is 25.1. The Balaban J connectivity index is 1.29. The lowest BCUT2D eigenvalue weighted by molar-refractivity contribution is -0.272. The number of carbonyl (C=O) groups is 2. The molecular weight excluding hydrogens is 428 g/mol. The quantitative estimate of drug-likeness (QED) is 0.666. The molecule has 6 nitrogen and oxygen atoms in total. The number of fused-ring (bicyclic) bond motifs is 4. The van der Waals surface area contributed by atoms with E-state index in [4.69, 9.17) is 9.47 Å². The lowest BCUT2D eigenvalue weighted by Gasteiger charge is -2.55. The molecule has 1 N–H and O–H groups in total. The van der Waals surface area contributed by atoms with Crippen LogP contribution >= 0.6 is 0 Å². The molecule has 5 aliphatic rings. The standard InChI is InChI=1S/C28H40N2O4/c1-16-5-8-28(33-15-16)17(2)25-24(34-28)10-22-20(14-32)21(6-7-26(22,25)3)27(4)11-18-12-29-30-23(18)9-19(27)13-31/h12-14,16-17,19-22,24-25H,5-11,15H2,1-4H3,(H,29,30)/t16?,17-,19+,20+,21-,22-,24-,25-,26-,27-,28+/m0/s1. The minimum absolute atomic E-state index is 0.0377. The van der Waals surface area contributed by atoms with Gasteiger partial charge in [-0.2, -0.15) is 5.10 Å². The molecule has 4 fully saturated rings. The zero-order valence-corrected chi connectivity index (χ0v) is 21.1. The van der Waals surface area contributed by atoms with Gasteiger partial charge in [0.25, 0.3) is 0 Å². The summed E-state index contributed by atoms with van der Waals surface area (Å²) in [5.74, 6) is 1.31. The predicted octanol–water partition coefficient (Wildman–Crippen LogP) is 4.37. The molecule has 0 aromatic carbocycles. The summed E-state index contributed by atoms with van der Waals surface area (Å²) in [6.45, 7) is 10.1. The average Bonchev–Trinajstić information content (AvgIpc) is 3.46. The molecule has 1 unspecified atom stereocenters. The van der Waals surface area contributed by atoms with Crippen LogP contribution in [0.2, 0.25) is 0 Å². The molecular formula is C28H40N2O4. The molecule has 34 heavy (non-hydrogen) atoms. The molecule has 11 atom stereocenters. The number of hydrogen-bond donors (Lipinski definition) is 1. The largest absolute Gasteiger partial charge is 0.349 e. The topological polar surface area (TPSA) is 81.3 Å². The minimum atomic E-state index is -0.432. The van der Waals surface area contributed by atoms with Gasteiger partial charge in [0.2, 0.25) is 0 Å². The van der Waals surface area contributed by atoms with Crippen molar-refractivity contribution in [3.63, 3.8) is 0 Å². The van der Waals surface area contributed by atoms with E-state index in [9.17, 15) is 9.59 Å². The Kier molecular flexibility index (Phi) is 5.21. The number of nitrogens with zero attached hydrogens (tertiary/aromatic N) is 1. The highest BCUT2D eigenvalue weighted by atomic mass is 16.7. The van der Waals surface area contributed by atoms with Crippen LogP contribution in [0.5, 0.6) is 0 Å². The fourth-order valence-corrected chi connectivity index (χ4v) is 9.45. The van der Waals surface area contributed by atoms with Gasteiger partial charge >= 0.3 is 0 Å². The number of H-pyrrole nitrogens is 1. The maximum absolute atomic E-state index is 12.8. The molecule has 0 radical (unpaired) electrons. The summed E-state index contributed by atoms with van der Waals surface area (Å²) >= 11 is 0. The molecule has 186 valence electrons. The van der Waals surface area contributed by atoms with Crippen LogP contribution in [0.4, 0.5) is 0 Å². The van der Waals surface area contributed by atoms with Crippen LogP contribution < -0.4 is 0 Å². The van der Waals surface area contributed by atoms with Crippen molar-refractivity contribution in [2.45, 2.75) is 84.5 Å². The van der Waals surface area contributed by atoms with Crippen molar-refractivity contribution >= 4 is 12.6 Å². The highest BCUT2D eigenvalue weighted by molar-refractivity contribution is 5.60. The van der Waals surface area contributed by atoms with Crippen LogP contribution in [0.15, 0.2) is 6.20 Å². The molecule has 6 rings (SSSR count). The van der Waals surface area contributed by atoms with E-state index in [2.05, 4.69) is 37.9 Å². The van der Waals surface area contributed by atoms with E-state index >= 15 is 0 Å². The third-order valence-corrected chi connectivity index (χ3v) is 11.4. The molecule has 1 spiro atoms. The van der Waals surface area contributed by atoms with Crippen LogP contribution in [-0.4, -0.2) is 41.3 Å². The van der Waals surface area contributed by atoms with Gasteiger partial charge in [0.15, 0.2) is 5.79 Å². The van der Waals surface area contributed by atoms with E-state index in [1.54, 1.807) is 0 Å². The van der Waals surface area contributed by atoms with Crippen molar-refractivity contribution in [1.29, 1.82) is 0 Å². The Morgan fingerprint density at radius 2 is 1.91 bits per heavy atom. The highest BCUT2D eigenvalue weighted by Crippen LogP contribution is 2.68. The van der Waals surface area contributed by atoms with Gasteiger partial charge in [-0.25, -0.2) is 0 Å². The fraction of sp³-hybridized carbons (Fsp3) is 0.821. The van der Waals surface area contributed by atoms with Crippen molar-refractivity contribution < 1.29 is 19.1 Å². The summed E-state index contributed by atoms with van der Waals surface area (Å²) in [6.07, 6.45) is 11.1. The minimum Gasteiger partial charge on any atom is -0.349 e. The third kappa shape index (κ3) is 2.97. The second-order valence-electron chi connectivity index (χ2n) is 12.9. The van der Waals surface area contributed by atoms with Crippen molar-refractivity contribution in [2.24, 2.45) is 52.3 Å². The van der Waals surface area contributed by atoms with Gasteiger partial charge in [0.1, 0.15) is 12.6 Å². The summed E-state index contributed by atoms with van der Waals surface area (Å²) in [6, 6.07) is 0. The van der Waals surface area contributed by atoms with Crippen molar-refractivity contribution in [3.05, 3.63) is 17.5 Å². The van der Waals surface area contributed by atoms with Crippen LogP contribution in [-0.2, 0) is 31.9 Å². The van der Waals surface area contributed by atoms with Gasteiger partial charge in [-0.3, -0.25) is 5.10 Å². The molecule has 3 heterocycles. The van der Waals surface area contributed by atoms with E-state index in [1.165, 1.54) is 11.8 Å². The summed E-state index contributed by atoms with van der Waals surface area (Å²) in [7, 11) is 0. The Morgan fingerprint density at radius 1 is 1.09 bits per heavy atom. The number of aromatic amines is 1. The predicted molar refractivity (Wildman–Crippen MR) is 127 cm³/mol. The summed E-state index contributed by atoms with van der Waals surface area (Å²) in [5, 5.41) is 7.33. The lowest BCUT2D eigenvalue weighted by Crippen LogP contribution is -2.53. The Hall–Kier alpha value is -1.53. The second-order valence-corrected chi connectivity index (χ2v) is 12.9. The summed E-state index contributed by atoms with van der Waals surface area (Å²) < 4.78 is 13.2. The summed E-state index contributed by atoms with van der Waals surface area (Å²) in [5.41, 5.74) is 2.15. The monoisotopic (exact) mass is 468 g/mol. The molecule has 2 saturated heterocycles. The van der Waals surface area contributed by atoms with E-state index in [1.807, 2.05) is 6.20 Å². The number of nitrogens with one attached hydrogen (secondary N) is 1. The van der Waals surface area contributed by atoms with Crippen molar-refractivity contribution in [2.75, 3.05) is 6.61 Å². The molecule has 1 aromatic heterocycles. The number of aldehydes is 2. The first-order valence-corrected chi connectivity index (χ1v) is 13.5. The highest BCUT2D eigenvalue weighted by Gasteiger charge is 2.68. The second kappa shape index (κ2) is 7.73. The molecule has 6 heteroatoms. The zero-order valence-electron chi connectivity index (χ0n) is 21.1. The first kappa shape index (κ1) is 22.9. The maximum Gasteiger partial charge on any atom is 0.171 e. The molecule has 3 aliphatic carbocycles. The van der Waals surface area contributed by atoms with Crippen LogP contribution in [0.1, 0.15) is 71.1 Å². The first-order valence-electron chi connectivity index (χ1n) is 13.5. The van der Waals surface area contributed by atoms with Gasteiger partial charge in [-0.05, 0) is 78.6 Å². The Bertz CT molecular complexity index is 967. The van der Waals surface area contributed by atoms with Gasteiger partial charge in [-0.1, -0.05) is 27.7 Å². The SMILES string of the molecule is CC1CC[C@@]2(OC1)O[C@H]1C[C@H]3[C@H](C=O)[C@@H]([C@@]4(C)Cc5cn[nH]c5C[C@@H]4C=O)CC[C@]3(C)[C@H]1[C@@H]2C. The van der Waals surface area contributed by atoms with E-state index in [0.29, 0.717) is 30.1 Å². The van der Waals surface area contributed by atoms with Crippen molar-refractivity contribution in [1.82, 2.24) is 10.2 Å². The van der Waals surface area contributed by atoms with E-state index in [-0.39, 0.29) is 34.7 Å². The smallest absolute Gasteiger partial charge is 0.171 e. The van der Waals surface area contributed by atoms with Crippen LogP contribution in [0.25, 0.3) is 0 Å². The third-order valence-electron chi connectivity index (χ3n) is 11.4. The Labute approximate surface area is 202 Å². The molecule has 2 aliphatic heterocycles. The number of carbonyl (C=O) groups excluding carboxylic acids is 2. The van der Waals surface area contributed by atoms with Crippen molar-refractivity contribution in [3.8, 4) is 0 Å².